The molecule has 3 heterocycles. The van der Waals surface area contributed by atoms with Crippen molar-refractivity contribution < 1.29 is 13.9 Å². The zero-order valence-corrected chi connectivity index (χ0v) is 14.0. The van der Waals surface area contributed by atoms with Crippen LogP contribution in [0.4, 0.5) is 4.79 Å². The lowest BCUT2D eigenvalue weighted by molar-refractivity contribution is 0.155. The van der Waals surface area contributed by atoms with Crippen molar-refractivity contribution in [2.45, 2.75) is 45.0 Å². The summed E-state index contributed by atoms with van der Waals surface area (Å²) in [6, 6.07) is 3.70. The van der Waals surface area contributed by atoms with Crippen LogP contribution in [-0.4, -0.2) is 45.4 Å². The van der Waals surface area contributed by atoms with Crippen LogP contribution in [0.5, 0.6) is 0 Å². The lowest BCUT2D eigenvalue weighted by atomic mass is 10.2. The highest BCUT2D eigenvalue weighted by molar-refractivity contribution is 5.75. The van der Waals surface area contributed by atoms with Crippen LogP contribution in [0.15, 0.2) is 29.2 Å². The number of methoxy groups -OCH3 is 1. The van der Waals surface area contributed by atoms with Crippen LogP contribution in [0.25, 0.3) is 0 Å². The van der Waals surface area contributed by atoms with Gasteiger partial charge in [-0.15, -0.1) is 0 Å². The Bertz CT molecular complexity index is 654. The maximum atomic E-state index is 12.6. The fourth-order valence-electron chi connectivity index (χ4n) is 3.05. The summed E-state index contributed by atoms with van der Waals surface area (Å²) in [5.41, 5.74) is 0. The lowest BCUT2D eigenvalue weighted by Gasteiger charge is -2.25. The molecule has 0 bridgehead atoms. The number of hydrogen-bond donors (Lipinski definition) is 1. The van der Waals surface area contributed by atoms with E-state index in [1.807, 2.05) is 24.0 Å². The van der Waals surface area contributed by atoms with Crippen LogP contribution in [0.2, 0.25) is 0 Å². The van der Waals surface area contributed by atoms with Crippen molar-refractivity contribution in [3.05, 3.63) is 36.3 Å². The fraction of sp³-hybridized carbons (Fsp3) is 0.562. The SMILES string of the molecule is COCc1ccc([C@@H]2CCCN2C(=O)N[C@H](C)Cn2cncn2)o1. The van der Waals surface area contributed by atoms with Crippen molar-refractivity contribution in [2.75, 3.05) is 13.7 Å². The highest BCUT2D eigenvalue weighted by Crippen LogP contribution is 2.33. The van der Waals surface area contributed by atoms with E-state index in [-0.39, 0.29) is 18.1 Å². The van der Waals surface area contributed by atoms with Gasteiger partial charge in [-0.05, 0) is 31.9 Å². The van der Waals surface area contributed by atoms with Crippen molar-refractivity contribution >= 4 is 6.03 Å². The van der Waals surface area contributed by atoms with Gasteiger partial charge in [0.2, 0.25) is 0 Å². The Kier molecular flexibility index (Phi) is 5.14. The van der Waals surface area contributed by atoms with Crippen molar-refractivity contribution in [1.29, 1.82) is 0 Å². The van der Waals surface area contributed by atoms with Crippen molar-refractivity contribution in [3.8, 4) is 0 Å². The van der Waals surface area contributed by atoms with Gasteiger partial charge in [0, 0.05) is 19.7 Å². The second-order valence-corrected chi connectivity index (χ2v) is 6.06. The minimum absolute atomic E-state index is 0.0193. The Morgan fingerprint density at radius 2 is 2.42 bits per heavy atom. The van der Waals surface area contributed by atoms with Gasteiger partial charge in [0.25, 0.3) is 0 Å². The largest absolute Gasteiger partial charge is 0.461 e. The van der Waals surface area contributed by atoms with Crippen LogP contribution in [0.3, 0.4) is 0 Å². The van der Waals surface area contributed by atoms with Gasteiger partial charge < -0.3 is 19.4 Å². The van der Waals surface area contributed by atoms with Gasteiger partial charge in [-0.25, -0.2) is 9.78 Å². The third kappa shape index (κ3) is 3.76. The van der Waals surface area contributed by atoms with Gasteiger partial charge >= 0.3 is 6.03 Å². The summed E-state index contributed by atoms with van der Waals surface area (Å²) in [5, 5.41) is 7.08. The number of likely N-dealkylation sites (tertiary alicyclic amines) is 1. The molecule has 0 unspecified atom stereocenters. The molecule has 2 amide bonds. The van der Waals surface area contributed by atoms with E-state index < -0.39 is 0 Å². The van der Waals surface area contributed by atoms with Crippen LogP contribution < -0.4 is 5.32 Å². The Morgan fingerprint density at radius 1 is 1.54 bits per heavy atom. The first kappa shape index (κ1) is 16.5. The summed E-state index contributed by atoms with van der Waals surface area (Å²) in [6.07, 6.45) is 5.00. The summed E-state index contributed by atoms with van der Waals surface area (Å²) < 4.78 is 12.6. The number of aromatic nitrogens is 3. The minimum Gasteiger partial charge on any atom is -0.461 e. The lowest BCUT2D eigenvalue weighted by Crippen LogP contribution is -2.44. The molecule has 1 saturated heterocycles. The molecule has 1 aliphatic rings. The van der Waals surface area contributed by atoms with Crippen molar-refractivity contribution in [2.24, 2.45) is 0 Å². The number of carbonyl (C=O) groups excluding carboxylic acids is 1. The Morgan fingerprint density at radius 3 is 3.17 bits per heavy atom. The smallest absolute Gasteiger partial charge is 0.318 e. The predicted octanol–water partition coefficient (Wildman–Crippen LogP) is 1.95. The van der Waals surface area contributed by atoms with Gasteiger partial charge in [0.1, 0.15) is 30.8 Å². The van der Waals surface area contributed by atoms with E-state index in [4.69, 9.17) is 9.15 Å². The molecule has 1 aliphatic heterocycles. The molecular weight excluding hydrogens is 310 g/mol. The molecule has 1 fully saturated rings. The van der Waals surface area contributed by atoms with E-state index in [9.17, 15) is 4.79 Å². The Labute approximate surface area is 140 Å². The predicted molar refractivity (Wildman–Crippen MR) is 86.1 cm³/mol. The summed E-state index contributed by atoms with van der Waals surface area (Å²) in [5.74, 6) is 1.60. The third-order valence-corrected chi connectivity index (χ3v) is 4.11. The molecule has 1 N–H and O–H groups in total. The average molecular weight is 333 g/mol. The van der Waals surface area contributed by atoms with Gasteiger partial charge in [0.15, 0.2) is 0 Å². The number of nitrogens with zero attached hydrogens (tertiary/aromatic N) is 4. The second-order valence-electron chi connectivity index (χ2n) is 6.06. The standard InChI is InChI=1S/C16H23N5O3/c1-12(8-20-11-17-10-18-20)19-16(22)21-7-3-4-14(21)15-6-5-13(24-15)9-23-2/h5-6,10-12,14H,3-4,7-9H2,1-2H3,(H,19,22)/t12-,14+/m1/s1. The van der Waals surface area contributed by atoms with E-state index in [0.717, 1.165) is 30.9 Å². The van der Waals surface area contributed by atoms with Gasteiger partial charge in [0.05, 0.1) is 12.6 Å². The molecule has 0 aromatic carbocycles. The first-order chi connectivity index (χ1) is 11.7. The Balaban J connectivity index is 1.60. The average Bonchev–Trinajstić information content (AvgIpc) is 3.28. The quantitative estimate of drug-likeness (QED) is 0.873. The third-order valence-electron chi connectivity index (χ3n) is 4.11. The van der Waals surface area contributed by atoms with Crippen LogP contribution in [0, 0.1) is 0 Å². The number of amides is 2. The molecule has 0 spiro atoms. The molecule has 130 valence electrons. The molecule has 8 heteroatoms. The highest BCUT2D eigenvalue weighted by atomic mass is 16.5. The minimum atomic E-state index is -0.0743. The number of hydrogen-bond acceptors (Lipinski definition) is 5. The number of furan rings is 1. The van der Waals surface area contributed by atoms with E-state index in [2.05, 4.69) is 15.4 Å². The van der Waals surface area contributed by atoms with Gasteiger partial charge in [-0.1, -0.05) is 0 Å². The number of urea groups is 1. The summed E-state index contributed by atoms with van der Waals surface area (Å²) >= 11 is 0. The monoisotopic (exact) mass is 333 g/mol. The molecule has 2 aromatic rings. The highest BCUT2D eigenvalue weighted by Gasteiger charge is 2.32. The molecule has 0 radical (unpaired) electrons. The Hall–Kier alpha value is -2.35. The van der Waals surface area contributed by atoms with Gasteiger partial charge in [-0.3, -0.25) is 4.68 Å². The first-order valence-electron chi connectivity index (χ1n) is 8.14. The second kappa shape index (κ2) is 7.48. The number of nitrogens with one attached hydrogen (secondary N) is 1. The van der Waals surface area contributed by atoms with E-state index >= 15 is 0 Å². The normalized spacial score (nSPS) is 18.8. The molecule has 24 heavy (non-hydrogen) atoms. The maximum Gasteiger partial charge on any atom is 0.318 e. The van der Waals surface area contributed by atoms with Crippen LogP contribution in [0.1, 0.15) is 37.3 Å². The van der Waals surface area contributed by atoms with E-state index in [1.54, 1.807) is 18.1 Å². The number of ether oxygens (including phenoxy) is 1. The zero-order chi connectivity index (χ0) is 16.9. The molecular formula is C16H23N5O3. The summed E-state index contributed by atoms with van der Waals surface area (Å²) in [6.45, 7) is 3.71. The maximum absolute atomic E-state index is 12.6. The van der Waals surface area contributed by atoms with E-state index in [1.165, 1.54) is 6.33 Å². The molecule has 2 atom stereocenters. The van der Waals surface area contributed by atoms with Crippen molar-refractivity contribution in [1.82, 2.24) is 25.0 Å². The molecule has 3 rings (SSSR count). The molecule has 0 saturated carbocycles. The van der Waals surface area contributed by atoms with Crippen molar-refractivity contribution in [3.63, 3.8) is 0 Å². The zero-order valence-electron chi connectivity index (χ0n) is 14.0. The fourth-order valence-corrected chi connectivity index (χ4v) is 3.05. The van der Waals surface area contributed by atoms with Crippen LogP contribution >= 0.6 is 0 Å². The first-order valence-corrected chi connectivity index (χ1v) is 8.14. The van der Waals surface area contributed by atoms with Crippen LogP contribution in [-0.2, 0) is 17.9 Å². The summed E-state index contributed by atoms with van der Waals surface area (Å²) in [7, 11) is 1.63. The molecule has 0 aliphatic carbocycles. The van der Waals surface area contributed by atoms with Gasteiger partial charge in [-0.2, -0.15) is 5.10 Å². The molecule has 8 nitrogen and oxygen atoms in total. The summed E-state index contributed by atoms with van der Waals surface area (Å²) in [4.78, 5) is 18.4. The molecule has 2 aromatic heterocycles. The number of rotatable bonds is 6. The number of carbonyl (C=O) groups is 1. The topological polar surface area (TPSA) is 85.4 Å². The van der Waals surface area contributed by atoms with E-state index in [0.29, 0.717) is 13.2 Å².